The van der Waals surface area contributed by atoms with Crippen molar-refractivity contribution in [2.24, 2.45) is 0 Å². The fourth-order valence-corrected chi connectivity index (χ4v) is 2.07. The van der Waals surface area contributed by atoms with Gasteiger partial charge in [0.25, 0.3) is 5.91 Å². The second-order valence-electron chi connectivity index (χ2n) is 5.37. The molecule has 1 rings (SSSR count). The first-order chi connectivity index (χ1) is 11.4. The lowest BCUT2D eigenvalue weighted by molar-refractivity contribution is -0.123. The molecule has 1 atom stereocenters. The molecular weight excluding hydrogens is 306 g/mol. The largest absolute Gasteiger partial charge is 0.354 e. The van der Waals surface area contributed by atoms with E-state index in [1.54, 1.807) is 31.3 Å². The highest BCUT2D eigenvalue weighted by atomic mass is 16.2. The highest BCUT2D eigenvalue weighted by Gasteiger charge is 2.19. The van der Waals surface area contributed by atoms with Crippen LogP contribution in [0.1, 0.15) is 37.0 Å². The van der Waals surface area contributed by atoms with Gasteiger partial charge in [-0.3, -0.25) is 14.4 Å². The Hall–Kier alpha value is -2.63. The van der Waals surface area contributed by atoms with Gasteiger partial charge in [0.15, 0.2) is 0 Å². The van der Waals surface area contributed by atoms with Gasteiger partial charge in [-0.15, -0.1) is 0 Å². The monoisotopic (exact) mass is 331 g/mol. The fraction of sp³-hybridized carbons (Fsp3) is 0.389. The van der Waals surface area contributed by atoms with Crippen LogP contribution in [-0.4, -0.2) is 37.4 Å². The van der Waals surface area contributed by atoms with E-state index in [1.165, 1.54) is 11.0 Å². The van der Waals surface area contributed by atoms with E-state index < -0.39 is 6.04 Å². The van der Waals surface area contributed by atoms with Gasteiger partial charge in [0.1, 0.15) is 6.04 Å². The van der Waals surface area contributed by atoms with Gasteiger partial charge in [-0.25, -0.2) is 0 Å². The topological polar surface area (TPSA) is 78.5 Å². The molecule has 0 aliphatic rings. The SMILES string of the molecule is C=CC(=O)N(C)c1ccc(C(=O)N[C@@H](CC)C(=O)NCCC)cc1. The third kappa shape index (κ3) is 5.22. The maximum Gasteiger partial charge on any atom is 0.251 e. The first-order valence-corrected chi connectivity index (χ1v) is 8.03. The summed E-state index contributed by atoms with van der Waals surface area (Å²) in [6.45, 7) is 7.84. The molecule has 2 N–H and O–H groups in total. The van der Waals surface area contributed by atoms with Crippen molar-refractivity contribution in [3.05, 3.63) is 42.5 Å². The van der Waals surface area contributed by atoms with Crippen LogP contribution in [0.15, 0.2) is 36.9 Å². The van der Waals surface area contributed by atoms with Crippen LogP contribution in [0.25, 0.3) is 0 Å². The molecule has 1 aromatic carbocycles. The Morgan fingerprint density at radius 2 is 1.83 bits per heavy atom. The summed E-state index contributed by atoms with van der Waals surface area (Å²) in [5.74, 6) is -0.732. The molecule has 0 unspecified atom stereocenters. The Kier molecular flexibility index (Phi) is 7.68. The number of rotatable bonds is 8. The molecule has 6 heteroatoms. The molecule has 0 heterocycles. The fourth-order valence-electron chi connectivity index (χ4n) is 2.07. The standard InChI is InChI=1S/C18H25N3O3/c1-5-12-19-18(24)15(6-2)20-17(23)13-8-10-14(11-9-13)21(4)16(22)7-3/h7-11,15H,3,5-6,12H2,1-2,4H3,(H,19,24)(H,20,23)/t15-/m0/s1. The number of carbonyl (C=O) groups is 3. The van der Waals surface area contributed by atoms with E-state index in [0.717, 1.165) is 6.42 Å². The van der Waals surface area contributed by atoms with Crippen molar-refractivity contribution < 1.29 is 14.4 Å². The number of anilines is 1. The number of hydrogen-bond donors (Lipinski definition) is 2. The van der Waals surface area contributed by atoms with Crippen LogP contribution < -0.4 is 15.5 Å². The normalized spacial score (nSPS) is 11.3. The first kappa shape index (κ1) is 19.4. The zero-order chi connectivity index (χ0) is 18.1. The van der Waals surface area contributed by atoms with Crippen molar-refractivity contribution in [1.82, 2.24) is 10.6 Å². The van der Waals surface area contributed by atoms with E-state index >= 15 is 0 Å². The molecule has 1 aromatic rings. The number of hydrogen-bond acceptors (Lipinski definition) is 3. The zero-order valence-corrected chi connectivity index (χ0v) is 14.5. The lowest BCUT2D eigenvalue weighted by atomic mass is 10.1. The third-order valence-electron chi connectivity index (χ3n) is 3.60. The Bertz CT molecular complexity index is 596. The summed E-state index contributed by atoms with van der Waals surface area (Å²) < 4.78 is 0. The average Bonchev–Trinajstić information content (AvgIpc) is 2.62. The van der Waals surface area contributed by atoms with Gasteiger partial charge in [-0.2, -0.15) is 0 Å². The van der Waals surface area contributed by atoms with Crippen molar-refractivity contribution >= 4 is 23.4 Å². The van der Waals surface area contributed by atoms with E-state index in [2.05, 4.69) is 17.2 Å². The molecule has 0 spiro atoms. The van der Waals surface area contributed by atoms with Crippen molar-refractivity contribution in [3.8, 4) is 0 Å². The number of likely N-dealkylation sites (N-methyl/N-ethyl adjacent to an activating group) is 1. The molecule has 0 bridgehead atoms. The van der Waals surface area contributed by atoms with Crippen LogP contribution >= 0.6 is 0 Å². The molecule has 24 heavy (non-hydrogen) atoms. The Labute approximate surface area is 142 Å². The lowest BCUT2D eigenvalue weighted by Gasteiger charge is -2.18. The quantitative estimate of drug-likeness (QED) is 0.714. The molecule has 0 saturated heterocycles. The van der Waals surface area contributed by atoms with Crippen LogP contribution in [-0.2, 0) is 9.59 Å². The van der Waals surface area contributed by atoms with Crippen molar-refractivity contribution in [2.45, 2.75) is 32.7 Å². The molecular formula is C18H25N3O3. The van der Waals surface area contributed by atoms with E-state index in [1.807, 2.05) is 13.8 Å². The smallest absolute Gasteiger partial charge is 0.251 e. The first-order valence-electron chi connectivity index (χ1n) is 8.03. The Morgan fingerprint density at radius 1 is 1.21 bits per heavy atom. The Balaban J connectivity index is 2.75. The number of benzene rings is 1. The van der Waals surface area contributed by atoms with E-state index in [0.29, 0.717) is 24.2 Å². The molecule has 6 nitrogen and oxygen atoms in total. The molecule has 3 amide bonds. The summed E-state index contributed by atoms with van der Waals surface area (Å²) in [6.07, 6.45) is 2.58. The minimum Gasteiger partial charge on any atom is -0.354 e. The summed E-state index contributed by atoms with van der Waals surface area (Å²) in [6, 6.07) is 6.03. The number of nitrogens with zero attached hydrogens (tertiary/aromatic N) is 1. The van der Waals surface area contributed by atoms with Crippen LogP contribution in [0.3, 0.4) is 0 Å². The van der Waals surface area contributed by atoms with Crippen LogP contribution in [0, 0.1) is 0 Å². The maximum atomic E-state index is 12.3. The van der Waals surface area contributed by atoms with Gasteiger partial charge in [0.05, 0.1) is 0 Å². The summed E-state index contributed by atoms with van der Waals surface area (Å²) in [4.78, 5) is 37.2. The number of carbonyl (C=O) groups excluding carboxylic acids is 3. The van der Waals surface area contributed by atoms with Crippen LogP contribution in [0.4, 0.5) is 5.69 Å². The zero-order valence-electron chi connectivity index (χ0n) is 14.5. The van der Waals surface area contributed by atoms with E-state index in [4.69, 9.17) is 0 Å². The molecule has 0 aliphatic carbocycles. The lowest BCUT2D eigenvalue weighted by Crippen LogP contribution is -2.46. The van der Waals surface area contributed by atoms with Crippen LogP contribution in [0.2, 0.25) is 0 Å². The molecule has 130 valence electrons. The minimum atomic E-state index is -0.561. The van der Waals surface area contributed by atoms with E-state index in [-0.39, 0.29) is 17.7 Å². The van der Waals surface area contributed by atoms with Gasteiger partial charge in [-0.05, 0) is 43.2 Å². The summed E-state index contributed by atoms with van der Waals surface area (Å²) in [5, 5.41) is 5.50. The minimum absolute atomic E-state index is 0.180. The highest BCUT2D eigenvalue weighted by molar-refractivity contribution is 6.01. The summed E-state index contributed by atoms with van der Waals surface area (Å²) in [5.41, 5.74) is 1.09. The second-order valence-corrected chi connectivity index (χ2v) is 5.37. The maximum absolute atomic E-state index is 12.3. The average molecular weight is 331 g/mol. The summed E-state index contributed by atoms with van der Waals surface area (Å²) >= 11 is 0. The molecule has 0 aromatic heterocycles. The van der Waals surface area contributed by atoms with Crippen molar-refractivity contribution in [2.75, 3.05) is 18.5 Å². The molecule has 0 saturated carbocycles. The predicted octanol–water partition coefficient (Wildman–Crippen LogP) is 1.87. The number of nitrogens with one attached hydrogen (secondary N) is 2. The van der Waals surface area contributed by atoms with Crippen molar-refractivity contribution in [1.29, 1.82) is 0 Å². The van der Waals surface area contributed by atoms with Gasteiger partial charge < -0.3 is 15.5 Å². The molecule has 0 radical (unpaired) electrons. The number of amides is 3. The van der Waals surface area contributed by atoms with Gasteiger partial charge in [0, 0.05) is 24.8 Å². The third-order valence-corrected chi connectivity index (χ3v) is 3.60. The van der Waals surface area contributed by atoms with Gasteiger partial charge >= 0.3 is 0 Å². The Morgan fingerprint density at radius 3 is 2.33 bits per heavy atom. The highest BCUT2D eigenvalue weighted by Crippen LogP contribution is 2.14. The second kappa shape index (κ2) is 9.50. The van der Waals surface area contributed by atoms with E-state index in [9.17, 15) is 14.4 Å². The van der Waals surface area contributed by atoms with Gasteiger partial charge in [-0.1, -0.05) is 20.4 Å². The summed E-state index contributed by atoms with van der Waals surface area (Å²) in [7, 11) is 1.63. The van der Waals surface area contributed by atoms with Crippen LogP contribution in [0.5, 0.6) is 0 Å². The van der Waals surface area contributed by atoms with Gasteiger partial charge in [0.2, 0.25) is 11.8 Å². The molecule has 0 aliphatic heterocycles. The predicted molar refractivity (Wildman–Crippen MR) is 94.9 cm³/mol. The molecule has 0 fully saturated rings. The van der Waals surface area contributed by atoms with Crippen molar-refractivity contribution in [3.63, 3.8) is 0 Å².